The van der Waals surface area contributed by atoms with Gasteiger partial charge >= 0.3 is 0 Å². The number of methoxy groups -OCH3 is 1. The molecule has 2 nitrogen and oxygen atoms in total. The summed E-state index contributed by atoms with van der Waals surface area (Å²) in [5.41, 5.74) is 6.90. The molecule has 11 heavy (non-hydrogen) atoms. The Morgan fingerprint density at radius 2 is 2.09 bits per heavy atom. The minimum absolute atomic E-state index is 0.530. The first-order valence-electron chi connectivity index (χ1n) is 3.33. The maximum absolute atomic E-state index is 5.52. The zero-order valence-electron chi connectivity index (χ0n) is 6.50. The number of hydrogen-bond donors (Lipinski definition) is 1. The Kier molecular flexibility index (Phi) is 2.16. The minimum atomic E-state index is 0.530. The molecule has 0 aliphatic rings. The molecule has 1 aromatic carbocycles. The minimum Gasteiger partial charge on any atom is -0.496 e. The van der Waals surface area contributed by atoms with Crippen molar-refractivity contribution in [2.75, 3.05) is 7.11 Å². The van der Waals surface area contributed by atoms with E-state index in [2.05, 4.69) is 6.58 Å². The standard InChI is InChI=1S/C9H11NO/c1-7(10)8-5-3-4-6-9(8)11-2/h3-6H,1,10H2,2H3. The third kappa shape index (κ3) is 1.52. The Hall–Kier alpha value is -1.44. The second kappa shape index (κ2) is 3.10. The lowest BCUT2D eigenvalue weighted by molar-refractivity contribution is 0.413. The Morgan fingerprint density at radius 3 is 2.55 bits per heavy atom. The van der Waals surface area contributed by atoms with Crippen molar-refractivity contribution >= 4 is 5.70 Å². The second-order valence-corrected chi connectivity index (χ2v) is 2.23. The van der Waals surface area contributed by atoms with Crippen LogP contribution < -0.4 is 10.5 Å². The summed E-state index contributed by atoms with van der Waals surface area (Å²) in [7, 11) is 1.61. The zero-order valence-corrected chi connectivity index (χ0v) is 6.50. The Balaban J connectivity index is 3.12. The average Bonchev–Trinajstić information content (AvgIpc) is 2.04. The summed E-state index contributed by atoms with van der Waals surface area (Å²) < 4.78 is 5.07. The zero-order chi connectivity index (χ0) is 8.27. The van der Waals surface area contributed by atoms with Crippen molar-refractivity contribution < 1.29 is 4.74 Å². The van der Waals surface area contributed by atoms with E-state index in [1.807, 2.05) is 24.3 Å². The third-order valence-electron chi connectivity index (χ3n) is 1.45. The molecule has 0 radical (unpaired) electrons. The molecule has 0 aliphatic carbocycles. The van der Waals surface area contributed by atoms with E-state index in [0.29, 0.717) is 5.70 Å². The van der Waals surface area contributed by atoms with Gasteiger partial charge in [-0.2, -0.15) is 0 Å². The number of hydrogen-bond acceptors (Lipinski definition) is 2. The van der Waals surface area contributed by atoms with E-state index < -0.39 is 0 Å². The molecule has 1 rings (SSSR count). The lowest BCUT2D eigenvalue weighted by Gasteiger charge is -2.05. The van der Waals surface area contributed by atoms with Gasteiger partial charge in [0, 0.05) is 11.3 Å². The molecule has 0 aromatic heterocycles. The van der Waals surface area contributed by atoms with E-state index in [1.165, 1.54) is 0 Å². The van der Waals surface area contributed by atoms with Crippen molar-refractivity contribution in [1.29, 1.82) is 0 Å². The number of para-hydroxylation sites is 1. The van der Waals surface area contributed by atoms with Gasteiger partial charge in [-0.3, -0.25) is 0 Å². The molecule has 2 heteroatoms. The van der Waals surface area contributed by atoms with Crippen LogP contribution in [0.1, 0.15) is 5.56 Å². The van der Waals surface area contributed by atoms with Crippen LogP contribution in [-0.4, -0.2) is 7.11 Å². The smallest absolute Gasteiger partial charge is 0.128 e. The molecule has 0 unspecified atom stereocenters. The van der Waals surface area contributed by atoms with Crippen LogP contribution in [0, 0.1) is 0 Å². The fraction of sp³-hybridized carbons (Fsp3) is 0.111. The SMILES string of the molecule is C=C(N)c1ccccc1OC. The molecule has 0 bridgehead atoms. The monoisotopic (exact) mass is 149 g/mol. The summed E-state index contributed by atoms with van der Waals surface area (Å²) in [5.74, 6) is 0.764. The van der Waals surface area contributed by atoms with Gasteiger partial charge in [-0.05, 0) is 12.1 Å². The maximum Gasteiger partial charge on any atom is 0.128 e. The first-order chi connectivity index (χ1) is 5.25. The van der Waals surface area contributed by atoms with Crippen LogP contribution in [0.25, 0.3) is 5.70 Å². The first kappa shape index (κ1) is 7.66. The summed E-state index contributed by atoms with van der Waals surface area (Å²) in [6, 6.07) is 7.52. The molecule has 0 heterocycles. The largest absolute Gasteiger partial charge is 0.496 e. The van der Waals surface area contributed by atoms with Crippen LogP contribution in [-0.2, 0) is 0 Å². The molecule has 2 N–H and O–H groups in total. The molecular weight excluding hydrogens is 138 g/mol. The lowest BCUT2D eigenvalue weighted by atomic mass is 10.1. The molecule has 0 amide bonds. The fourth-order valence-corrected chi connectivity index (χ4v) is 0.910. The van der Waals surface area contributed by atoms with Crippen molar-refractivity contribution in [1.82, 2.24) is 0 Å². The molecule has 1 aromatic rings. The van der Waals surface area contributed by atoms with Crippen LogP contribution >= 0.6 is 0 Å². The normalized spacial score (nSPS) is 9.18. The van der Waals surface area contributed by atoms with Gasteiger partial charge in [-0.25, -0.2) is 0 Å². The molecule has 0 saturated heterocycles. The van der Waals surface area contributed by atoms with E-state index in [4.69, 9.17) is 10.5 Å². The van der Waals surface area contributed by atoms with Crippen LogP contribution in [0.5, 0.6) is 5.75 Å². The van der Waals surface area contributed by atoms with Gasteiger partial charge in [0.1, 0.15) is 5.75 Å². The van der Waals surface area contributed by atoms with E-state index in [-0.39, 0.29) is 0 Å². The van der Waals surface area contributed by atoms with Crippen LogP contribution in [0.4, 0.5) is 0 Å². The molecule has 0 aliphatic heterocycles. The Labute approximate surface area is 66.3 Å². The van der Waals surface area contributed by atoms with Crippen LogP contribution in [0.3, 0.4) is 0 Å². The predicted octanol–water partition coefficient (Wildman–Crippen LogP) is 1.62. The van der Waals surface area contributed by atoms with Crippen LogP contribution in [0.15, 0.2) is 30.8 Å². The van der Waals surface area contributed by atoms with Crippen molar-refractivity contribution in [2.45, 2.75) is 0 Å². The van der Waals surface area contributed by atoms with Crippen molar-refractivity contribution in [3.05, 3.63) is 36.4 Å². The quantitative estimate of drug-likeness (QED) is 0.693. The molecule has 58 valence electrons. The highest BCUT2D eigenvalue weighted by molar-refractivity contribution is 5.65. The van der Waals surface area contributed by atoms with Gasteiger partial charge in [0.25, 0.3) is 0 Å². The van der Waals surface area contributed by atoms with Crippen molar-refractivity contribution in [3.63, 3.8) is 0 Å². The van der Waals surface area contributed by atoms with E-state index in [1.54, 1.807) is 7.11 Å². The lowest BCUT2D eigenvalue weighted by Crippen LogP contribution is -1.96. The van der Waals surface area contributed by atoms with E-state index in [9.17, 15) is 0 Å². The Morgan fingerprint density at radius 1 is 1.45 bits per heavy atom. The number of benzene rings is 1. The highest BCUT2D eigenvalue weighted by atomic mass is 16.5. The summed E-state index contributed by atoms with van der Waals surface area (Å²) >= 11 is 0. The third-order valence-corrected chi connectivity index (χ3v) is 1.45. The first-order valence-corrected chi connectivity index (χ1v) is 3.33. The van der Waals surface area contributed by atoms with Gasteiger partial charge < -0.3 is 10.5 Å². The highest BCUT2D eigenvalue weighted by Gasteiger charge is 2.00. The topological polar surface area (TPSA) is 35.2 Å². The highest BCUT2D eigenvalue weighted by Crippen LogP contribution is 2.20. The number of rotatable bonds is 2. The maximum atomic E-state index is 5.52. The predicted molar refractivity (Wildman–Crippen MR) is 46.2 cm³/mol. The Bertz CT molecular complexity index is 268. The summed E-state index contributed by atoms with van der Waals surface area (Å²) in [6.45, 7) is 3.63. The average molecular weight is 149 g/mol. The van der Waals surface area contributed by atoms with Crippen molar-refractivity contribution in [3.8, 4) is 5.75 Å². The number of ether oxygens (including phenoxy) is 1. The second-order valence-electron chi connectivity index (χ2n) is 2.23. The van der Waals surface area contributed by atoms with Gasteiger partial charge in [-0.1, -0.05) is 18.7 Å². The van der Waals surface area contributed by atoms with Crippen molar-refractivity contribution in [2.24, 2.45) is 5.73 Å². The summed E-state index contributed by atoms with van der Waals surface area (Å²) in [5, 5.41) is 0. The van der Waals surface area contributed by atoms with Crippen LogP contribution in [0.2, 0.25) is 0 Å². The van der Waals surface area contributed by atoms with E-state index >= 15 is 0 Å². The summed E-state index contributed by atoms with van der Waals surface area (Å²) in [6.07, 6.45) is 0. The molecule has 0 saturated carbocycles. The van der Waals surface area contributed by atoms with Gasteiger partial charge in [0.15, 0.2) is 0 Å². The molecule has 0 spiro atoms. The molecule has 0 atom stereocenters. The molecular formula is C9H11NO. The molecule has 0 fully saturated rings. The number of nitrogens with two attached hydrogens (primary N) is 1. The van der Waals surface area contributed by atoms with Gasteiger partial charge in [-0.15, -0.1) is 0 Å². The fourth-order valence-electron chi connectivity index (χ4n) is 0.910. The van der Waals surface area contributed by atoms with Gasteiger partial charge in [0.2, 0.25) is 0 Å². The van der Waals surface area contributed by atoms with Gasteiger partial charge in [0.05, 0.1) is 7.11 Å². The summed E-state index contributed by atoms with van der Waals surface area (Å²) in [4.78, 5) is 0. The van der Waals surface area contributed by atoms with E-state index in [0.717, 1.165) is 11.3 Å².